The van der Waals surface area contributed by atoms with Gasteiger partial charge in [-0.2, -0.15) is 5.10 Å². The van der Waals surface area contributed by atoms with Gasteiger partial charge in [0.15, 0.2) is 11.0 Å². The van der Waals surface area contributed by atoms with Gasteiger partial charge in [0, 0.05) is 18.8 Å². The number of amides is 1. The highest BCUT2D eigenvalue weighted by Gasteiger charge is 2.35. The molecule has 0 radical (unpaired) electrons. The summed E-state index contributed by atoms with van der Waals surface area (Å²) < 4.78 is 22.8. The van der Waals surface area contributed by atoms with Crippen molar-refractivity contribution in [3.8, 4) is 11.5 Å². The van der Waals surface area contributed by atoms with Crippen molar-refractivity contribution in [2.24, 2.45) is 5.92 Å². The number of halogens is 3. The Labute approximate surface area is 230 Å². The third kappa shape index (κ3) is 5.39. The van der Waals surface area contributed by atoms with E-state index in [1.807, 2.05) is 0 Å². The second-order valence-electron chi connectivity index (χ2n) is 9.19. The van der Waals surface area contributed by atoms with Crippen LogP contribution in [0, 0.1) is 12.8 Å². The van der Waals surface area contributed by atoms with Gasteiger partial charge in [-0.25, -0.2) is 23.8 Å². The van der Waals surface area contributed by atoms with Crippen molar-refractivity contribution in [1.82, 2.24) is 30.0 Å². The molecule has 0 aromatic carbocycles. The van der Waals surface area contributed by atoms with Crippen LogP contribution >= 0.6 is 38.9 Å². The number of hydrogen-bond acceptors (Lipinski definition) is 8. The highest BCUT2D eigenvalue weighted by atomic mass is 79.9. The minimum Gasteiger partial charge on any atom is -0.462 e. The predicted octanol–water partition coefficient (Wildman–Crippen LogP) is 4.39. The molecular weight excluding hydrogens is 589 g/mol. The second kappa shape index (κ2) is 10.7. The van der Waals surface area contributed by atoms with Gasteiger partial charge in [0.05, 0.1) is 28.7 Å². The Kier molecular flexibility index (Phi) is 7.55. The molecule has 14 heteroatoms. The molecular formula is C23H26BrClFN7O3S. The lowest BCUT2D eigenvalue weighted by molar-refractivity contribution is 0.0532. The maximum Gasteiger partial charge on any atom is 0.350 e. The first-order valence-corrected chi connectivity index (χ1v) is 14.0. The summed E-state index contributed by atoms with van der Waals surface area (Å²) in [6.45, 7) is 4.88. The topological polar surface area (TPSA) is 118 Å². The minimum absolute atomic E-state index is 0.0145. The van der Waals surface area contributed by atoms with E-state index in [2.05, 4.69) is 36.3 Å². The lowest BCUT2D eigenvalue weighted by Gasteiger charge is -2.34. The molecule has 1 aliphatic heterocycles. The van der Waals surface area contributed by atoms with Crippen molar-refractivity contribution in [1.29, 1.82) is 0 Å². The molecule has 37 heavy (non-hydrogen) atoms. The predicted molar refractivity (Wildman–Crippen MR) is 141 cm³/mol. The summed E-state index contributed by atoms with van der Waals surface area (Å²) in [5, 5.41) is 8.01. The van der Waals surface area contributed by atoms with Gasteiger partial charge in [-0.3, -0.25) is 4.79 Å². The zero-order valence-electron chi connectivity index (χ0n) is 20.3. The number of carbonyl (C=O) groups excluding carboxylic acids is 2. The van der Waals surface area contributed by atoms with Crippen LogP contribution in [-0.4, -0.2) is 68.5 Å². The van der Waals surface area contributed by atoms with Crippen LogP contribution in [0.25, 0.3) is 11.5 Å². The number of thiazole rings is 1. The molecule has 0 bridgehead atoms. The number of H-pyrrole nitrogens is 1. The Morgan fingerprint density at radius 2 is 2.16 bits per heavy atom. The first-order valence-electron chi connectivity index (χ1n) is 12.1. The third-order valence-corrected chi connectivity index (χ3v) is 9.03. The van der Waals surface area contributed by atoms with Gasteiger partial charge in [0.1, 0.15) is 28.8 Å². The van der Waals surface area contributed by atoms with Crippen molar-refractivity contribution >= 4 is 55.9 Å². The van der Waals surface area contributed by atoms with E-state index in [-0.39, 0.29) is 18.8 Å². The summed E-state index contributed by atoms with van der Waals surface area (Å²) in [6.07, 6.45) is 2.75. The average molecular weight is 615 g/mol. The number of nitrogens with one attached hydrogen (secondary N) is 2. The molecule has 10 nitrogen and oxygen atoms in total. The van der Waals surface area contributed by atoms with Crippen LogP contribution in [-0.2, 0) is 11.3 Å². The standard InChI is InChI=1S/C23H26BrClFN7O3S/c1-3-36-22(35)19-18(20-27-10-28-33(20)8-12-4-5-12)31-23(37-19)32-7-6-14(13(26)9-32)30-21(34)17-15(24)16(25)11(2)29-17/h10,12-14,29H,3-9H2,1-2H3,(H,30,34)/t13-,14+/m0/s1. The SMILES string of the molecule is CCOC(=O)c1sc(N2CC[C@@H](NC(=O)c3[nH]c(C)c(Cl)c3Br)[C@@H](F)C2)nc1-c1ncnn1CC1CC1. The Bertz CT molecular complexity index is 1320. The maximum absolute atomic E-state index is 15.3. The van der Waals surface area contributed by atoms with Gasteiger partial charge >= 0.3 is 5.97 Å². The fourth-order valence-corrected chi connectivity index (χ4v) is 5.98. The molecule has 1 aliphatic carbocycles. The Morgan fingerprint density at radius 3 is 2.81 bits per heavy atom. The number of esters is 1. The Hall–Kier alpha value is -2.51. The number of ether oxygens (including phenoxy) is 1. The first-order chi connectivity index (χ1) is 17.8. The van der Waals surface area contributed by atoms with E-state index in [4.69, 9.17) is 21.3 Å². The highest BCUT2D eigenvalue weighted by Crippen LogP contribution is 2.36. The Morgan fingerprint density at radius 1 is 1.38 bits per heavy atom. The quantitative estimate of drug-likeness (QED) is 0.362. The van der Waals surface area contributed by atoms with Crippen LogP contribution in [0.3, 0.4) is 0 Å². The van der Waals surface area contributed by atoms with Crippen molar-refractivity contribution in [2.75, 3.05) is 24.6 Å². The minimum atomic E-state index is -1.35. The number of alkyl halides is 1. The van der Waals surface area contributed by atoms with E-state index in [1.54, 1.807) is 23.4 Å². The number of nitrogens with zero attached hydrogens (tertiary/aromatic N) is 5. The number of aryl methyl sites for hydroxylation is 1. The van der Waals surface area contributed by atoms with E-state index >= 15 is 4.39 Å². The van der Waals surface area contributed by atoms with E-state index < -0.39 is 24.1 Å². The monoisotopic (exact) mass is 613 g/mol. The lowest BCUT2D eigenvalue weighted by atomic mass is 10.0. The number of hydrogen-bond donors (Lipinski definition) is 2. The van der Waals surface area contributed by atoms with Crippen LogP contribution in [0.15, 0.2) is 10.8 Å². The smallest absolute Gasteiger partial charge is 0.350 e. The van der Waals surface area contributed by atoms with Crippen LogP contribution < -0.4 is 10.2 Å². The van der Waals surface area contributed by atoms with Crippen molar-refractivity contribution in [3.05, 3.63) is 32.1 Å². The number of rotatable bonds is 8. The number of aromatic nitrogens is 5. The molecule has 0 unspecified atom stereocenters. The fourth-order valence-electron chi connectivity index (χ4n) is 4.27. The molecule has 2 N–H and O–H groups in total. The average Bonchev–Trinajstić information content (AvgIpc) is 3.28. The molecule has 1 amide bonds. The fraction of sp³-hybridized carbons (Fsp3) is 0.522. The van der Waals surface area contributed by atoms with Crippen LogP contribution in [0.1, 0.15) is 52.0 Å². The van der Waals surface area contributed by atoms with Crippen molar-refractivity contribution in [3.63, 3.8) is 0 Å². The second-order valence-corrected chi connectivity index (χ2v) is 11.3. The third-order valence-electron chi connectivity index (χ3n) is 6.44. The number of anilines is 1. The largest absolute Gasteiger partial charge is 0.462 e. The summed E-state index contributed by atoms with van der Waals surface area (Å²) in [4.78, 5) is 39.6. The normalized spacial score (nSPS) is 19.8. The van der Waals surface area contributed by atoms with Crippen LogP contribution in [0.2, 0.25) is 5.02 Å². The van der Waals surface area contributed by atoms with E-state index in [1.165, 1.54) is 6.33 Å². The lowest BCUT2D eigenvalue weighted by Crippen LogP contribution is -2.52. The summed E-state index contributed by atoms with van der Waals surface area (Å²) in [7, 11) is 0. The number of aromatic amines is 1. The molecule has 0 spiro atoms. The van der Waals surface area contributed by atoms with E-state index in [0.29, 0.717) is 62.1 Å². The van der Waals surface area contributed by atoms with Crippen LogP contribution in [0.5, 0.6) is 0 Å². The van der Waals surface area contributed by atoms with E-state index in [9.17, 15) is 9.59 Å². The summed E-state index contributed by atoms with van der Waals surface area (Å²) in [5.41, 5.74) is 1.30. The molecule has 4 heterocycles. The molecule has 1 saturated heterocycles. The summed E-state index contributed by atoms with van der Waals surface area (Å²) >= 11 is 10.6. The maximum atomic E-state index is 15.3. The van der Waals surface area contributed by atoms with Gasteiger partial charge in [-0.15, -0.1) is 0 Å². The van der Waals surface area contributed by atoms with Gasteiger partial charge in [-0.05, 0) is 55.0 Å². The Balaban J connectivity index is 1.33. The van der Waals surface area contributed by atoms with Gasteiger partial charge in [0.2, 0.25) is 0 Å². The molecule has 198 valence electrons. The summed E-state index contributed by atoms with van der Waals surface area (Å²) in [5.74, 6) is 0.130. The van der Waals surface area contributed by atoms with Gasteiger partial charge < -0.3 is 19.9 Å². The summed E-state index contributed by atoms with van der Waals surface area (Å²) in [6, 6.07) is -0.677. The first kappa shape index (κ1) is 26.1. The molecule has 3 aromatic heterocycles. The number of piperidine rings is 1. The molecule has 3 aromatic rings. The zero-order valence-corrected chi connectivity index (χ0v) is 23.4. The highest BCUT2D eigenvalue weighted by molar-refractivity contribution is 9.10. The van der Waals surface area contributed by atoms with Crippen molar-refractivity contribution < 1.29 is 18.7 Å². The number of carbonyl (C=O) groups is 2. The molecule has 2 atom stereocenters. The van der Waals surface area contributed by atoms with Gasteiger partial charge in [-0.1, -0.05) is 22.9 Å². The van der Waals surface area contributed by atoms with Crippen LogP contribution in [0.4, 0.5) is 9.52 Å². The van der Waals surface area contributed by atoms with Gasteiger partial charge in [0.25, 0.3) is 5.91 Å². The molecule has 1 saturated carbocycles. The van der Waals surface area contributed by atoms with Crippen molar-refractivity contribution in [2.45, 2.75) is 51.9 Å². The molecule has 2 fully saturated rings. The van der Waals surface area contributed by atoms with E-state index in [0.717, 1.165) is 24.2 Å². The zero-order chi connectivity index (χ0) is 26.3. The molecule has 2 aliphatic rings. The molecule has 5 rings (SSSR count).